The average molecular weight is 458 g/mol. The molecule has 3 heterocycles. The summed E-state index contributed by atoms with van der Waals surface area (Å²) >= 11 is 0. The van der Waals surface area contributed by atoms with Gasteiger partial charge < -0.3 is 10.2 Å². The van der Waals surface area contributed by atoms with E-state index in [1.807, 2.05) is 0 Å². The Morgan fingerprint density at radius 1 is 1.03 bits per heavy atom. The smallest absolute Gasteiger partial charge is 0.349 e. The van der Waals surface area contributed by atoms with E-state index in [-0.39, 0.29) is 35.3 Å². The number of anilines is 1. The first-order valence-corrected chi connectivity index (χ1v) is 10.3. The largest absolute Gasteiger partial charge is 0.419 e. The molecule has 11 heteroatoms. The number of fused-ring (bicyclic) bond motifs is 2. The minimum Gasteiger partial charge on any atom is -0.349 e. The molecule has 7 nitrogen and oxygen atoms in total. The number of nitrogens with zero attached hydrogens (tertiary/aromatic N) is 5. The highest BCUT2D eigenvalue weighted by Crippen LogP contribution is 2.40. The lowest BCUT2D eigenvalue weighted by molar-refractivity contribution is -0.138. The Balaban J connectivity index is 1.38. The zero-order chi connectivity index (χ0) is 23.2. The fourth-order valence-electron chi connectivity index (χ4n) is 4.64. The van der Waals surface area contributed by atoms with Crippen LogP contribution in [0.3, 0.4) is 0 Å². The molecule has 0 radical (unpaired) electrons. The summed E-state index contributed by atoms with van der Waals surface area (Å²) < 4.78 is 53.1. The summed E-state index contributed by atoms with van der Waals surface area (Å²) in [7, 11) is 0. The molecule has 0 spiro atoms. The number of piperidine rings is 1. The number of likely N-dealkylation sites (tertiary alicyclic amines) is 1. The van der Waals surface area contributed by atoms with Gasteiger partial charge in [0.15, 0.2) is 5.82 Å². The molecule has 170 valence electrons. The molecule has 1 amide bonds. The predicted molar refractivity (Wildman–Crippen MR) is 109 cm³/mol. The Hall–Kier alpha value is -3.63. The zero-order valence-corrected chi connectivity index (χ0v) is 17.1. The van der Waals surface area contributed by atoms with Crippen molar-refractivity contribution in [3.05, 3.63) is 66.0 Å². The van der Waals surface area contributed by atoms with Gasteiger partial charge in [-0.1, -0.05) is 12.1 Å². The van der Waals surface area contributed by atoms with Gasteiger partial charge >= 0.3 is 6.18 Å². The molecular formula is C22H18F4N6O. The van der Waals surface area contributed by atoms with Crippen LogP contribution in [0.15, 0.2) is 49.1 Å². The van der Waals surface area contributed by atoms with E-state index in [4.69, 9.17) is 0 Å². The maximum atomic E-state index is 14.8. The molecule has 3 atom stereocenters. The molecule has 1 aliphatic carbocycles. The van der Waals surface area contributed by atoms with Gasteiger partial charge in [-0.2, -0.15) is 13.2 Å². The molecule has 1 aliphatic heterocycles. The molecule has 2 bridgehead atoms. The lowest BCUT2D eigenvalue weighted by Gasteiger charge is -2.34. The van der Waals surface area contributed by atoms with Crippen LogP contribution in [0.4, 0.5) is 23.5 Å². The number of carbonyl (C=O) groups is 1. The van der Waals surface area contributed by atoms with Gasteiger partial charge in [0.1, 0.15) is 5.82 Å². The molecule has 2 aliphatic rings. The summed E-state index contributed by atoms with van der Waals surface area (Å²) in [4.78, 5) is 30.9. The summed E-state index contributed by atoms with van der Waals surface area (Å²) in [6.07, 6.45) is 1.37. The van der Waals surface area contributed by atoms with Crippen LogP contribution in [0.2, 0.25) is 0 Å². The second kappa shape index (κ2) is 8.05. The van der Waals surface area contributed by atoms with Crippen molar-refractivity contribution in [2.24, 2.45) is 5.92 Å². The van der Waals surface area contributed by atoms with Crippen LogP contribution in [0.1, 0.15) is 28.8 Å². The number of amides is 1. The van der Waals surface area contributed by atoms with Crippen LogP contribution < -0.4 is 5.32 Å². The van der Waals surface area contributed by atoms with E-state index in [1.165, 1.54) is 24.5 Å². The summed E-state index contributed by atoms with van der Waals surface area (Å²) in [5.41, 5.74) is -0.729. The Kier molecular flexibility index (Phi) is 5.18. The first kappa shape index (κ1) is 21.2. The number of halogens is 4. The molecule has 5 rings (SSSR count). The summed E-state index contributed by atoms with van der Waals surface area (Å²) in [5.74, 6) is -0.643. The number of hydrogen-bond acceptors (Lipinski definition) is 6. The minimum absolute atomic E-state index is 0.0530. The monoisotopic (exact) mass is 458 g/mol. The van der Waals surface area contributed by atoms with Gasteiger partial charge in [-0.15, -0.1) is 0 Å². The molecule has 2 aromatic heterocycles. The minimum atomic E-state index is -4.52. The predicted octanol–water partition coefficient (Wildman–Crippen LogP) is 3.81. The van der Waals surface area contributed by atoms with Crippen molar-refractivity contribution < 1.29 is 22.4 Å². The fourth-order valence-corrected chi connectivity index (χ4v) is 4.64. The van der Waals surface area contributed by atoms with Crippen molar-refractivity contribution in [3.63, 3.8) is 0 Å². The molecule has 2 fully saturated rings. The topological polar surface area (TPSA) is 83.9 Å². The van der Waals surface area contributed by atoms with Crippen LogP contribution in [0.5, 0.6) is 0 Å². The van der Waals surface area contributed by atoms with Crippen molar-refractivity contribution in [1.29, 1.82) is 0 Å². The number of aromatic nitrogens is 4. The van der Waals surface area contributed by atoms with Crippen LogP contribution in [-0.2, 0) is 6.18 Å². The molecule has 33 heavy (non-hydrogen) atoms. The van der Waals surface area contributed by atoms with E-state index in [0.717, 1.165) is 12.4 Å². The molecule has 1 saturated carbocycles. The SMILES string of the molecule is O=C(c1c(F)cccc1-c1ncccn1)N1C[C@@H]2C[C@@H](Nc3ncc(C(F)(F)F)cn3)[C@@H]1C2. The molecule has 0 unspecified atom stereocenters. The second-order valence-electron chi connectivity index (χ2n) is 8.14. The van der Waals surface area contributed by atoms with E-state index in [0.29, 0.717) is 24.9 Å². The van der Waals surface area contributed by atoms with Gasteiger partial charge in [-0.3, -0.25) is 4.79 Å². The number of nitrogens with one attached hydrogen (secondary N) is 1. The van der Waals surface area contributed by atoms with Crippen LogP contribution in [0.25, 0.3) is 11.4 Å². The quantitative estimate of drug-likeness (QED) is 0.599. The van der Waals surface area contributed by atoms with E-state index in [2.05, 4.69) is 25.3 Å². The maximum Gasteiger partial charge on any atom is 0.419 e. The Labute approximate surface area is 185 Å². The Morgan fingerprint density at radius 2 is 1.76 bits per heavy atom. The van der Waals surface area contributed by atoms with E-state index >= 15 is 0 Å². The summed E-state index contributed by atoms with van der Waals surface area (Å²) in [6, 6.07) is 5.43. The Bertz CT molecular complexity index is 1170. The van der Waals surface area contributed by atoms with Crippen molar-refractivity contribution in [2.75, 3.05) is 11.9 Å². The first-order chi connectivity index (χ1) is 15.8. The van der Waals surface area contributed by atoms with Crippen molar-refractivity contribution >= 4 is 11.9 Å². The van der Waals surface area contributed by atoms with E-state index < -0.39 is 23.5 Å². The standard InChI is InChI=1S/C22H18F4N6O/c23-15-4-1-3-14(19-27-5-2-6-28-19)18(15)20(33)32-11-12-7-16(17(32)8-12)31-21-29-9-13(10-30-21)22(24,25)26/h1-6,9-10,12,16-17H,7-8,11H2,(H,29,30,31)/t12-,16-,17+/m1/s1. The van der Waals surface area contributed by atoms with E-state index in [9.17, 15) is 22.4 Å². The first-order valence-electron chi connectivity index (χ1n) is 10.3. The molecule has 3 aromatic rings. The molecule has 1 aromatic carbocycles. The lowest BCUT2D eigenvalue weighted by atomic mass is 10.0. The summed E-state index contributed by atoms with van der Waals surface area (Å²) in [6.45, 7) is 0.471. The number of benzene rings is 1. The van der Waals surface area contributed by atoms with Crippen molar-refractivity contribution in [3.8, 4) is 11.4 Å². The van der Waals surface area contributed by atoms with Gasteiger partial charge in [0.25, 0.3) is 5.91 Å². The van der Waals surface area contributed by atoms with Gasteiger partial charge in [0.2, 0.25) is 5.95 Å². The Morgan fingerprint density at radius 3 is 2.42 bits per heavy atom. The number of alkyl halides is 3. The molecular weight excluding hydrogens is 440 g/mol. The van der Waals surface area contributed by atoms with Crippen molar-refractivity contribution in [2.45, 2.75) is 31.1 Å². The molecule has 1 N–H and O–H groups in total. The third-order valence-corrected chi connectivity index (χ3v) is 6.07. The van der Waals surface area contributed by atoms with Gasteiger partial charge in [0, 0.05) is 42.9 Å². The van der Waals surface area contributed by atoms with Crippen LogP contribution >= 0.6 is 0 Å². The van der Waals surface area contributed by atoms with Gasteiger partial charge in [-0.05, 0) is 30.9 Å². The zero-order valence-electron chi connectivity index (χ0n) is 17.1. The highest BCUT2D eigenvalue weighted by atomic mass is 19.4. The van der Waals surface area contributed by atoms with Gasteiger partial charge in [0.05, 0.1) is 17.2 Å². The summed E-state index contributed by atoms with van der Waals surface area (Å²) in [5, 5.41) is 3.05. The van der Waals surface area contributed by atoms with Gasteiger partial charge in [-0.25, -0.2) is 24.3 Å². The second-order valence-corrected chi connectivity index (χ2v) is 8.14. The normalized spacial score (nSPS) is 21.9. The number of carbonyl (C=O) groups excluding carboxylic acids is 1. The third kappa shape index (κ3) is 3.98. The lowest BCUT2D eigenvalue weighted by Crippen LogP contribution is -2.48. The number of rotatable bonds is 4. The third-order valence-electron chi connectivity index (χ3n) is 6.07. The van der Waals surface area contributed by atoms with E-state index in [1.54, 1.807) is 17.0 Å². The van der Waals surface area contributed by atoms with Crippen LogP contribution in [0, 0.1) is 11.7 Å². The van der Waals surface area contributed by atoms with Crippen LogP contribution in [-0.4, -0.2) is 49.4 Å². The maximum absolute atomic E-state index is 14.8. The number of hydrogen-bond donors (Lipinski definition) is 1. The molecule has 1 saturated heterocycles. The highest BCUT2D eigenvalue weighted by Gasteiger charge is 2.48. The van der Waals surface area contributed by atoms with Crippen molar-refractivity contribution in [1.82, 2.24) is 24.8 Å². The fraction of sp³-hybridized carbons (Fsp3) is 0.318. The highest BCUT2D eigenvalue weighted by molar-refractivity contribution is 6.00. The average Bonchev–Trinajstić information content (AvgIpc) is 3.39.